The Balaban J connectivity index is 1.30. The molecule has 0 spiro atoms. The van der Waals surface area contributed by atoms with Crippen LogP contribution in [0, 0.1) is 0 Å². The summed E-state index contributed by atoms with van der Waals surface area (Å²) in [5.41, 5.74) is 5.06. The lowest BCUT2D eigenvalue weighted by atomic mass is 9.73. The fraction of sp³-hybridized carbons (Fsp3) is 0.333. The molecule has 1 amide bonds. The molecule has 0 saturated heterocycles. The zero-order valence-corrected chi connectivity index (χ0v) is 22.5. The van der Waals surface area contributed by atoms with Gasteiger partial charge in [0.15, 0.2) is 4.34 Å². The Labute approximate surface area is 221 Å². The lowest BCUT2D eigenvalue weighted by molar-refractivity contribution is -0.125. The van der Waals surface area contributed by atoms with E-state index in [4.69, 9.17) is 9.72 Å². The molecule has 36 heavy (non-hydrogen) atoms. The van der Waals surface area contributed by atoms with E-state index in [1.165, 1.54) is 11.1 Å². The van der Waals surface area contributed by atoms with Crippen molar-refractivity contribution in [2.75, 3.05) is 18.9 Å². The standard InChI is InChI=1S/C30H32N2O2S2/c1-3-18-31-28(33)30(24-13-7-5-11-22(24)23-12-6-8-14-25(23)30)17-9-10-19-35-29-32-26-16-15-21(34-4-2)20-27(26)36-29/h5-8,11-16,20H,3-4,9-10,17-19H2,1-2H3,(H,31,33). The summed E-state index contributed by atoms with van der Waals surface area (Å²) in [6, 6.07) is 23.0. The number of nitrogens with one attached hydrogen (secondary N) is 1. The summed E-state index contributed by atoms with van der Waals surface area (Å²) in [5.74, 6) is 2.01. The Morgan fingerprint density at radius 2 is 1.72 bits per heavy atom. The van der Waals surface area contributed by atoms with Gasteiger partial charge in [-0.2, -0.15) is 0 Å². The molecule has 1 aliphatic rings. The van der Waals surface area contributed by atoms with Crippen LogP contribution in [0.3, 0.4) is 0 Å². The van der Waals surface area contributed by atoms with Crippen LogP contribution < -0.4 is 10.1 Å². The minimum Gasteiger partial charge on any atom is -0.494 e. The first-order chi connectivity index (χ1) is 17.7. The van der Waals surface area contributed by atoms with Gasteiger partial charge in [-0.3, -0.25) is 4.79 Å². The van der Waals surface area contributed by atoms with Crippen LogP contribution in [-0.2, 0) is 10.2 Å². The van der Waals surface area contributed by atoms with Crippen LogP contribution in [0.15, 0.2) is 71.1 Å². The fourth-order valence-electron chi connectivity index (χ4n) is 5.20. The number of carbonyl (C=O) groups excluding carboxylic acids is 1. The highest BCUT2D eigenvalue weighted by molar-refractivity contribution is 8.01. The van der Waals surface area contributed by atoms with Crippen LogP contribution in [-0.4, -0.2) is 29.8 Å². The predicted molar refractivity (Wildman–Crippen MR) is 151 cm³/mol. The van der Waals surface area contributed by atoms with Crippen LogP contribution in [0.4, 0.5) is 0 Å². The van der Waals surface area contributed by atoms with Crippen molar-refractivity contribution in [3.8, 4) is 16.9 Å². The van der Waals surface area contributed by atoms with Crippen molar-refractivity contribution in [3.63, 3.8) is 0 Å². The zero-order valence-electron chi connectivity index (χ0n) is 20.9. The lowest BCUT2D eigenvalue weighted by Crippen LogP contribution is -2.44. The Bertz CT molecular complexity index is 1320. The summed E-state index contributed by atoms with van der Waals surface area (Å²) in [4.78, 5) is 18.6. The number of unbranched alkanes of at least 4 members (excludes halogenated alkanes) is 1. The molecule has 186 valence electrons. The van der Waals surface area contributed by atoms with E-state index >= 15 is 0 Å². The van der Waals surface area contributed by atoms with Gasteiger partial charge in [0, 0.05) is 12.3 Å². The SMILES string of the molecule is CCCNC(=O)C1(CCCCSc2nc3ccc(OCC)cc3s2)c2ccccc2-c2ccccc21. The molecular formula is C30H32N2O2S2. The third-order valence-electron chi connectivity index (χ3n) is 6.81. The molecule has 1 N–H and O–H groups in total. The molecule has 6 heteroatoms. The summed E-state index contributed by atoms with van der Waals surface area (Å²) in [5, 5.41) is 3.23. The maximum absolute atomic E-state index is 13.8. The van der Waals surface area contributed by atoms with E-state index in [0.717, 1.165) is 62.9 Å². The number of hydrogen-bond acceptors (Lipinski definition) is 5. The number of fused-ring (bicyclic) bond motifs is 4. The summed E-state index contributed by atoms with van der Waals surface area (Å²) in [6.45, 7) is 5.46. The fourth-order valence-corrected chi connectivity index (χ4v) is 7.36. The van der Waals surface area contributed by atoms with Crippen LogP contribution in [0.5, 0.6) is 5.75 Å². The summed E-state index contributed by atoms with van der Waals surface area (Å²) >= 11 is 3.53. The normalized spacial score (nSPS) is 13.4. The highest BCUT2D eigenvalue weighted by Gasteiger charge is 2.48. The van der Waals surface area contributed by atoms with E-state index in [1.54, 1.807) is 23.1 Å². The third kappa shape index (κ3) is 4.64. The van der Waals surface area contributed by atoms with Gasteiger partial charge in [0.1, 0.15) is 11.2 Å². The van der Waals surface area contributed by atoms with Crippen molar-refractivity contribution in [1.29, 1.82) is 0 Å². The lowest BCUT2D eigenvalue weighted by Gasteiger charge is -2.31. The predicted octanol–water partition coefficient (Wildman–Crippen LogP) is 7.45. The van der Waals surface area contributed by atoms with Gasteiger partial charge in [-0.1, -0.05) is 73.6 Å². The summed E-state index contributed by atoms with van der Waals surface area (Å²) in [6.07, 6.45) is 3.72. The molecule has 0 fully saturated rings. The smallest absolute Gasteiger partial charge is 0.235 e. The molecule has 0 saturated carbocycles. The Morgan fingerprint density at radius 3 is 2.42 bits per heavy atom. The molecule has 5 rings (SSSR count). The number of amides is 1. The molecule has 4 nitrogen and oxygen atoms in total. The maximum atomic E-state index is 13.8. The number of hydrogen-bond donors (Lipinski definition) is 1. The van der Waals surface area contributed by atoms with Gasteiger partial charge in [-0.05, 0) is 66.6 Å². The van der Waals surface area contributed by atoms with Crippen molar-refractivity contribution >= 4 is 39.2 Å². The molecule has 0 radical (unpaired) electrons. The second kappa shape index (κ2) is 11.1. The zero-order chi connectivity index (χ0) is 25.0. The van der Waals surface area contributed by atoms with Gasteiger partial charge < -0.3 is 10.1 Å². The number of rotatable bonds is 11. The van der Waals surface area contributed by atoms with Crippen LogP contribution >= 0.6 is 23.1 Å². The Morgan fingerprint density at radius 1 is 1.00 bits per heavy atom. The van der Waals surface area contributed by atoms with Crippen LogP contribution in [0.25, 0.3) is 21.3 Å². The number of benzene rings is 3. The van der Waals surface area contributed by atoms with Gasteiger partial charge in [-0.25, -0.2) is 4.98 Å². The molecule has 0 bridgehead atoms. The third-order valence-corrected chi connectivity index (χ3v) is 9.06. The van der Waals surface area contributed by atoms with E-state index in [0.29, 0.717) is 13.2 Å². The van der Waals surface area contributed by atoms with Crippen molar-refractivity contribution in [2.45, 2.75) is 49.3 Å². The van der Waals surface area contributed by atoms with Crippen LogP contribution in [0.1, 0.15) is 50.7 Å². The van der Waals surface area contributed by atoms with Gasteiger partial charge in [0.25, 0.3) is 0 Å². The summed E-state index contributed by atoms with van der Waals surface area (Å²) < 4.78 is 7.88. The molecular weight excluding hydrogens is 484 g/mol. The molecule has 3 aromatic carbocycles. The molecule has 1 aliphatic carbocycles. The average molecular weight is 517 g/mol. The monoisotopic (exact) mass is 516 g/mol. The Hall–Kier alpha value is -2.83. The van der Waals surface area contributed by atoms with Crippen molar-refractivity contribution in [3.05, 3.63) is 77.9 Å². The van der Waals surface area contributed by atoms with E-state index < -0.39 is 5.41 Å². The van der Waals surface area contributed by atoms with Crippen molar-refractivity contribution < 1.29 is 9.53 Å². The second-order valence-electron chi connectivity index (χ2n) is 9.10. The number of thioether (sulfide) groups is 1. The molecule has 4 aromatic rings. The maximum Gasteiger partial charge on any atom is 0.235 e. The largest absolute Gasteiger partial charge is 0.494 e. The molecule has 1 aromatic heterocycles. The topological polar surface area (TPSA) is 51.2 Å². The minimum absolute atomic E-state index is 0.130. The number of carbonyl (C=O) groups is 1. The first-order valence-electron chi connectivity index (χ1n) is 12.8. The van der Waals surface area contributed by atoms with Crippen molar-refractivity contribution in [2.24, 2.45) is 0 Å². The Kier molecular flexibility index (Phi) is 7.63. The average Bonchev–Trinajstić information content (AvgIpc) is 3.44. The first kappa shape index (κ1) is 24.8. The first-order valence-corrected chi connectivity index (χ1v) is 14.6. The van der Waals surface area contributed by atoms with Gasteiger partial charge in [0.05, 0.1) is 16.8 Å². The van der Waals surface area contributed by atoms with Gasteiger partial charge in [-0.15, -0.1) is 11.3 Å². The number of nitrogens with zero attached hydrogens (tertiary/aromatic N) is 1. The minimum atomic E-state index is -0.626. The number of ether oxygens (including phenoxy) is 1. The molecule has 0 aliphatic heterocycles. The van der Waals surface area contributed by atoms with E-state index in [-0.39, 0.29) is 5.91 Å². The van der Waals surface area contributed by atoms with Gasteiger partial charge >= 0.3 is 0 Å². The molecule has 0 unspecified atom stereocenters. The second-order valence-corrected chi connectivity index (χ2v) is 11.5. The highest BCUT2D eigenvalue weighted by atomic mass is 32.2. The van der Waals surface area contributed by atoms with E-state index in [9.17, 15) is 4.79 Å². The molecule has 1 heterocycles. The quantitative estimate of drug-likeness (QED) is 0.166. The summed E-state index contributed by atoms with van der Waals surface area (Å²) in [7, 11) is 0. The van der Waals surface area contributed by atoms with Crippen LogP contribution in [0.2, 0.25) is 0 Å². The molecule has 0 atom stereocenters. The van der Waals surface area contributed by atoms with E-state index in [2.05, 4.69) is 66.8 Å². The number of thiazole rings is 1. The van der Waals surface area contributed by atoms with Crippen molar-refractivity contribution in [1.82, 2.24) is 10.3 Å². The van der Waals surface area contributed by atoms with E-state index in [1.807, 2.05) is 19.1 Å². The highest BCUT2D eigenvalue weighted by Crippen LogP contribution is 2.51. The van der Waals surface area contributed by atoms with Gasteiger partial charge in [0.2, 0.25) is 5.91 Å². The number of aromatic nitrogens is 1.